The second-order valence-corrected chi connectivity index (χ2v) is 5.49. The normalized spacial score (nSPS) is 12.7. The van der Waals surface area contributed by atoms with Crippen LogP contribution in [-0.4, -0.2) is 18.5 Å². The first-order chi connectivity index (χ1) is 11.5. The molecule has 0 spiro atoms. The van der Waals surface area contributed by atoms with Crippen molar-refractivity contribution in [2.75, 3.05) is 6.61 Å². The highest BCUT2D eigenvalue weighted by Gasteiger charge is 2.22. The fourth-order valence-electron chi connectivity index (χ4n) is 2.50. The molecule has 0 saturated heterocycles. The lowest BCUT2D eigenvalue weighted by Gasteiger charge is -2.20. The molecule has 0 bridgehead atoms. The van der Waals surface area contributed by atoms with Gasteiger partial charge in [0.05, 0.1) is 5.02 Å². The summed E-state index contributed by atoms with van der Waals surface area (Å²) < 4.78 is 19.8. The average molecular weight is 346 g/mol. The zero-order valence-electron chi connectivity index (χ0n) is 12.4. The number of halogens is 2. The van der Waals surface area contributed by atoms with Crippen LogP contribution in [0.2, 0.25) is 5.02 Å². The summed E-state index contributed by atoms with van der Waals surface area (Å²) >= 11 is 6.16. The summed E-state index contributed by atoms with van der Waals surface area (Å²) in [6.07, 6.45) is 1.71. The molecule has 0 atom stereocenters. The Kier molecular flexibility index (Phi) is 4.22. The molecule has 0 fully saturated rings. The van der Waals surface area contributed by atoms with Crippen molar-refractivity contribution in [1.29, 1.82) is 0 Å². The third-order valence-corrected chi connectivity index (χ3v) is 3.82. The van der Waals surface area contributed by atoms with Gasteiger partial charge in [-0.25, -0.2) is 4.39 Å². The van der Waals surface area contributed by atoms with Crippen molar-refractivity contribution < 1.29 is 13.9 Å². The molecule has 7 heteroatoms. The Morgan fingerprint density at radius 1 is 1.25 bits per heavy atom. The maximum absolute atomic E-state index is 14.3. The standard InChI is InChI=1S/C17H13ClFN3O2/c18-12-2-1-3-13(19)15(12)10-6-7-24-14-5-4-9(8-11(10)14)16(23)22-17(20)21/h1-6,8H,7H2,(H4,20,21,22,23). The van der Waals surface area contributed by atoms with E-state index in [2.05, 4.69) is 4.99 Å². The Labute approximate surface area is 142 Å². The van der Waals surface area contributed by atoms with E-state index in [4.69, 9.17) is 27.8 Å². The number of hydrogen-bond donors (Lipinski definition) is 2. The zero-order valence-corrected chi connectivity index (χ0v) is 13.2. The molecule has 3 rings (SSSR count). The van der Waals surface area contributed by atoms with Gasteiger partial charge in [0, 0.05) is 16.7 Å². The number of ether oxygens (including phenoxy) is 1. The maximum Gasteiger partial charge on any atom is 0.280 e. The summed E-state index contributed by atoms with van der Waals surface area (Å²) in [4.78, 5) is 15.5. The number of benzene rings is 2. The quantitative estimate of drug-likeness (QED) is 0.646. The lowest BCUT2D eigenvalue weighted by atomic mass is 9.93. The molecule has 24 heavy (non-hydrogen) atoms. The smallest absolute Gasteiger partial charge is 0.280 e. The van der Waals surface area contributed by atoms with Crippen LogP contribution in [0.15, 0.2) is 47.5 Å². The summed E-state index contributed by atoms with van der Waals surface area (Å²) in [5, 5.41) is 0.273. The predicted molar refractivity (Wildman–Crippen MR) is 90.6 cm³/mol. The van der Waals surface area contributed by atoms with Crippen LogP contribution in [0.5, 0.6) is 5.75 Å². The second-order valence-electron chi connectivity index (χ2n) is 5.08. The van der Waals surface area contributed by atoms with E-state index < -0.39 is 11.7 Å². The highest BCUT2D eigenvalue weighted by atomic mass is 35.5. The van der Waals surface area contributed by atoms with Gasteiger partial charge in [-0.2, -0.15) is 4.99 Å². The van der Waals surface area contributed by atoms with E-state index in [0.29, 0.717) is 16.9 Å². The van der Waals surface area contributed by atoms with E-state index in [1.54, 1.807) is 30.3 Å². The van der Waals surface area contributed by atoms with E-state index in [-0.39, 0.29) is 28.7 Å². The minimum Gasteiger partial charge on any atom is -0.489 e. The minimum atomic E-state index is -0.595. The number of nitrogens with zero attached hydrogens (tertiary/aromatic N) is 1. The summed E-state index contributed by atoms with van der Waals surface area (Å²) in [5.74, 6) is -0.861. The Balaban J connectivity index is 2.13. The van der Waals surface area contributed by atoms with Crippen molar-refractivity contribution in [1.82, 2.24) is 0 Å². The number of carbonyl (C=O) groups is 1. The number of nitrogens with two attached hydrogens (primary N) is 2. The fraction of sp³-hybridized carbons (Fsp3) is 0.0588. The molecular weight excluding hydrogens is 333 g/mol. The van der Waals surface area contributed by atoms with Crippen molar-refractivity contribution in [3.8, 4) is 5.75 Å². The number of hydrogen-bond acceptors (Lipinski definition) is 2. The third kappa shape index (κ3) is 2.96. The van der Waals surface area contributed by atoms with Crippen molar-refractivity contribution >= 4 is 29.0 Å². The third-order valence-electron chi connectivity index (χ3n) is 3.51. The minimum absolute atomic E-state index is 0.256. The molecule has 1 aliphatic rings. The summed E-state index contributed by atoms with van der Waals surface area (Å²) in [6.45, 7) is 0.272. The second kappa shape index (κ2) is 6.33. The van der Waals surface area contributed by atoms with Crippen LogP contribution < -0.4 is 16.2 Å². The molecule has 1 amide bonds. The first-order valence-electron chi connectivity index (χ1n) is 7.03. The van der Waals surface area contributed by atoms with Crippen LogP contribution in [-0.2, 0) is 0 Å². The molecule has 0 unspecified atom stereocenters. The summed E-state index contributed by atoms with van der Waals surface area (Å²) in [7, 11) is 0. The van der Waals surface area contributed by atoms with Crippen LogP contribution in [0.1, 0.15) is 21.5 Å². The maximum atomic E-state index is 14.3. The Bertz CT molecular complexity index is 869. The molecule has 122 valence electrons. The number of guanidine groups is 1. The number of carbonyl (C=O) groups excluding carboxylic acids is 1. The van der Waals surface area contributed by atoms with Crippen LogP contribution >= 0.6 is 11.6 Å². The van der Waals surface area contributed by atoms with Gasteiger partial charge < -0.3 is 16.2 Å². The first-order valence-corrected chi connectivity index (χ1v) is 7.41. The number of rotatable bonds is 2. The van der Waals surface area contributed by atoms with Crippen molar-refractivity contribution in [2.24, 2.45) is 16.5 Å². The molecule has 2 aromatic rings. The van der Waals surface area contributed by atoms with E-state index in [1.165, 1.54) is 12.1 Å². The molecule has 5 nitrogen and oxygen atoms in total. The van der Waals surface area contributed by atoms with E-state index in [9.17, 15) is 9.18 Å². The van der Waals surface area contributed by atoms with Crippen LogP contribution in [0.3, 0.4) is 0 Å². The summed E-state index contributed by atoms with van der Waals surface area (Å²) in [6, 6.07) is 9.17. The van der Waals surface area contributed by atoms with Gasteiger partial charge in [-0.15, -0.1) is 0 Å². The number of fused-ring (bicyclic) bond motifs is 1. The Morgan fingerprint density at radius 3 is 2.75 bits per heavy atom. The molecule has 1 heterocycles. The molecule has 2 aromatic carbocycles. The predicted octanol–water partition coefficient (Wildman–Crippen LogP) is 2.72. The molecule has 1 aliphatic heterocycles. The molecule has 4 N–H and O–H groups in total. The Hall–Kier alpha value is -2.86. The SMILES string of the molecule is NC(N)=NC(=O)c1ccc2c(c1)C(c1c(F)cccc1Cl)=CCO2. The highest BCUT2D eigenvalue weighted by Crippen LogP contribution is 2.38. The van der Waals surface area contributed by atoms with Gasteiger partial charge >= 0.3 is 0 Å². The van der Waals surface area contributed by atoms with Gasteiger partial charge in [-0.3, -0.25) is 4.79 Å². The van der Waals surface area contributed by atoms with Crippen LogP contribution in [0, 0.1) is 5.82 Å². The van der Waals surface area contributed by atoms with Crippen molar-refractivity contribution in [2.45, 2.75) is 0 Å². The van der Waals surface area contributed by atoms with Gasteiger partial charge in [0.25, 0.3) is 5.91 Å². The van der Waals surface area contributed by atoms with Crippen molar-refractivity contribution in [3.63, 3.8) is 0 Å². The van der Waals surface area contributed by atoms with E-state index in [0.717, 1.165) is 0 Å². The lowest BCUT2D eigenvalue weighted by molar-refractivity contribution is 0.100. The van der Waals surface area contributed by atoms with Crippen LogP contribution in [0.4, 0.5) is 4.39 Å². The number of amides is 1. The molecule has 0 radical (unpaired) electrons. The van der Waals surface area contributed by atoms with Crippen LogP contribution in [0.25, 0.3) is 5.57 Å². The van der Waals surface area contributed by atoms with Gasteiger partial charge in [-0.1, -0.05) is 17.7 Å². The van der Waals surface area contributed by atoms with Gasteiger partial charge in [0.15, 0.2) is 5.96 Å². The average Bonchev–Trinajstić information content (AvgIpc) is 2.53. The molecular formula is C17H13ClFN3O2. The van der Waals surface area contributed by atoms with Gasteiger partial charge in [0.1, 0.15) is 18.2 Å². The molecule has 0 saturated carbocycles. The fourth-order valence-corrected chi connectivity index (χ4v) is 2.76. The lowest BCUT2D eigenvalue weighted by Crippen LogP contribution is -2.24. The molecule has 0 aromatic heterocycles. The number of aliphatic imine (C=N–C) groups is 1. The highest BCUT2D eigenvalue weighted by molar-refractivity contribution is 6.32. The zero-order chi connectivity index (χ0) is 17.3. The first kappa shape index (κ1) is 16.0. The van der Waals surface area contributed by atoms with Crippen molar-refractivity contribution in [3.05, 3.63) is 70.0 Å². The Morgan fingerprint density at radius 2 is 2.04 bits per heavy atom. The van der Waals surface area contributed by atoms with Gasteiger partial charge in [0.2, 0.25) is 0 Å². The monoisotopic (exact) mass is 345 g/mol. The topological polar surface area (TPSA) is 90.7 Å². The largest absolute Gasteiger partial charge is 0.489 e. The van der Waals surface area contributed by atoms with E-state index >= 15 is 0 Å². The molecule has 0 aliphatic carbocycles. The van der Waals surface area contributed by atoms with Gasteiger partial charge in [-0.05, 0) is 42.0 Å². The van der Waals surface area contributed by atoms with E-state index in [1.807, 2.05) is 0 Å². The summed E-state index contributed by atoms with van der Waals surface area (Å²) in [5.41, 5.74) is 12.1.